The number of benzene rings is 2. The first-order valence-corrected chi connectivity index (χ1v) is 6.79. The molecule has 0 unspecified atom stereocenters. The highest BCUT2D eigenvalue weighted by molar-refractivity contribution is 6.31. The molecule has 1 heterocycles. The largest absolute Gasteiger partial charge is 0.379 e. The van der Waals surface area contributed by atoms with Gasteiger partial charge in [0.05, 0.1) is 11.4 Å². The van der Waals surface area contributed by atoms with Crippen LogP contribution in [0.3, 0.4) is 0 Å². The van der Waals surface area contributed by atoms with Gasteiger partial charge in [0.2, 0.25) is 0 Å². The van der Waals surface area contributed by atoms with Crippen molar-refractivity contribution in [1.82, 2.24) is 9.78 Å². The molecule has 3 aromatic rings. The maximum absolute atomic E-state index is 6.17. The maximum atomic E-state index is 6.17. The average Bonchev–Trinajstić information content (AvgIpc) is 3.01. The zero-order valence-corrected chi connectivity index (χ0v) is 11.6. The first-order valence-electron chi connectivity index (χ1n) is 6.41. The molecule has 1 aromatic heterocycles. The number of aromatic nitrogens is 2. The number of halogens is 1. The summed E-state index contributed by atoms with van der Waals surface area (Å²) in [4.78, 5) is 0. The molecule has 2 aromatic carbocycles. The predicted molar refractivity (Wildman–Crippen MR) is 82.3 cm³/mol. The second-order valence-corrected chi connectivity index (χ2v) is 4.82. The van der Waals surface area contributed by atoms with E-state index >= 15 is 0 Å². The van der Waals surface area contributed by atoms with Crippen LogP contribution in [-0.2, 0) is 6.54 Å². The van der Waals surface area contributed by atoms with Crippen molar-refractivity contribution in [2.45, 2.75) is 6.54 Å². The molecule has 0 radical (unpaired) electrons. The van der Waals surface area contributed by atoms with Crippen LogP contribution in [0.15, 0.2) is 67.0 Å². The molecule has 0 fully saturated rings. The zero-order chi connectivity index (χ0) is 13.8. The van der Waals surface area contributed by atoms with Crippen molar-refractivity contribution < 1.29 is 0 Å². The van der Waals surface area contributed by atoms with E-state index < -0.39 is 0 Å². The van der Waals surface area contributed by atoms with Crippen molar-refractivity contribution in [2.24, 2.45) is 0 Å². The van der Waals surface area contributed by atoms with Crippen LogP contribution < -0.4 is 5.32 Å². The summed E-state index contributed by atoms with van der Waals surface area (Å²) in [6.45, 7) is 0.679. The first kappa shape index (κ1) is 12.8. The second-order valence-electron chi connectivity index (χ2n) is 4.41. The van der Waals surface area contributed by atoms with Gasteiger partial charge in [-0.2, -0.15) is 5.10 Å². The molecule has 0 bridgehead atoms. The molecule has 0 amide bonds. The van der Waals surface area contributed by atoms with Gasteiger partial charge in [-0.05, 0) is 29.8 Å². The molecule has 0 saturated carbocycles. The Bertz CT molecular complexity index is 692. The fourth-order valence-corrected chi connectivity index (χ4v) is 2.27. The van der Waals surface area contributed by atoms with E-state index in [1.807, 2.05) is 65.5 Å². The van der Waals surface area contributed by atoms with Crippen molar-refractivity contribution >= 4 is 17.3 Å². The van der Waals surface area contributed by atoms with Crippen LogP contribution >= 0.6 is 11.6 Å². The number of anilines is 1. The summed E-state index contributed by atoms with van der Waals surface area (Å²) in [5.41, 5.74) is 3.12. The van der Waals surface area contributed by atoms with Gasteiger partial charge < -0.3 is 5.32 Å². The van der Waals surface area contributed by atoms with E-state index in [0.717, 1.165) is 22.0 Å². The van der Waals surface area contributed by atoms with Crippen LogP contribution in [0.2, 0.25) is 5.02 Å². The van der Waals surface area contributed by atoms with E-state index in [1.54, 1.807) is 6.20 Å². The number of nitrogens with zero attached hydrogens (tertiary/aromatic N) is 2. The molecule has 0 atom stereocenters. The molecular weight excluding hydrogens is 270 g/mol. The lowest BCUT2D eigenvalue weighted by Crippen LogP contribution is -2.05. The standard InChI is InChI=1S/C16H14ClN3/c17-14-7-2-1-6-13(14)12-18-15-8-3-4-9-16(15)20-11-5-10-19-20/h1-11,18H,12H2. The van der Waals surface area contributed by atoms with Crippen molar-refractivity contribution in [3.63, 3.8) is 0 Å². The fraction of sp³-hybridized carbons (Fsp3) is 0.0625. The Kier molecular flexibility index (Phi) is 3.70. The predicted octanol–water partition coefficient (Wildman–Crippen LogP) is 4.14. The summed E-state index contributed by atoms with van der Waals surface area (Å²) in [7, 11) is 0. The van der Waals surface area contributed by atoms with E-state index in [2.05, 4.69) is 10.4 Å². The van der Waals surface area contributed by atoms with Crippen molar-refractivity contribution in [3.8, 4) is 5.69 Å². The van der Waals surface area contributed by atoms with Gasteiger partial charge in [-0.15, -0.1) is 0 Å². The number of hydrogen-bond acceptors (Lipinski definition) is 2. The molecule has 0 saturated heterocycles. The molecule has 4 heteroatoms. The van der Waals surface area contributed by atoms with Crippen LogP contribution in [0.5, 0.6) is 0 Å². The molecule has 100 valence electrons. The van der Waals surface area contributed by atoms with Gasteiger partial charge in [-0.25, -0.2) is 4.68 Å². The molecular formula is C16H14ClN3. The summed E-state index contributed by atoms with van der Waals surface area (Å²) in [5, 5.41) is 8.46. The topological polar surface area (TPSA) is 29.9 Å². The van der Waals surface area contributed by atoms with Gasteiger partial charge >= 0.3 is 0 Å². The minimum atomic E-state index is 0.679. The molecule has 1 N–H and O–H groups in total. The van der Waals surface area contributed by atoms with E-state index in [9.17, 15) is 0 Å². The van der Waals surface area contributed by atoms with Gasteiger partial charge in [-0.1, -0.05) is 41.9 Å². The van der Waals surface area contributed by atoms with Gasteiger partial charge in [0, 0.05) is 24.0 Å². The molecule has 0 aliphatic carbocycles. The van der Waals surface area contributed by atoms with Gasteiger partial charge in [0.25, 0.3) is 0 Å². The fourth-order valence-electron chi connectivity index (χ4n) is 2.07. The third-order valence-corrected chi connectivity index (χ3v) is 3.45. The van der Waals surface area contributed by atoms with E-state index in [0.29, 0.717) is 6.54 Å². The molecule has 0 aliphatic rings. The highest BCUT2D eigenvalue weighted by Crippen LogP contribution is 2.21. The number of para-hydroxylation sites is 2. The summed E-state index contributed by atoms with van der Waals surface area (Å²) >= 11 is 6.17. The highest BCUT2D eigenvalue weighted by atomic mass is 35.5. The lowest BCUT2D eigenvalue weighted by molar-refractivity contribution is 0.879. The normalized spacial score (nSPS) is 10.4. The summed E-state index contributed by atoms with van der Waals surface area (Å²) in [6.07, 6.45) is 3.70. The average molecular weight is 284 g/mol. The summed E-state index contributed by atoms with van der Waals surface area (Å²) < 4.78 is 1.84. The lowest BCUT2D eigenvalue weighted by Gasteiger charge is -2.12. The minimum Gasteiger partial charge on any atom is -0.379 e. The summed E-state index contributed by atoms with van der Waals surface area (Å²) in [5.74, 6) is 0. The maximum Gasteiger partial charge on any atom is 0.0876 e. The first-order chi connectivity index (χ1) is 9.84. The van der Waals surface area contributed by atoms with E-state index in [1.165, 1.54) is 0 Å². The van der Waals surface area contributed by atoms with Crippen LogP contribution in [0, 0.1) is 0 Å². The Labute approximate surface area is 122 Å². The monoisotopic (exact) mass is 283 g/mol. The smallest absolute Gasteiger partial charge is 0.0876 e. The van der Waals surface area contributed by atoms with Crippen molar-refractivity contribution in [2.75, 3.05) is 5.32 Å². The molecule has 0 spiro atoms. The molecule has 3 nitrogen and oxygen atoms in total. The van der Waals surface area contributed by atoms with Crippen LogP contribution in [0.1, 0.15) is 5.56 Å². The van der Waals surface area contributed by atoms with Crippen LogP contribution in [-0.4, -0.2) is 9.78 Å². The Morgan fingerprint density at radius 3 is 2.60 bits per heavy atom. The van der Waals surface area contributed by atoms with Gasteiger partial charge in [-0.3, -0.25) is 0 Å². The van der Waals surface area contributed by atoms with E-state index in [4.69, 9.17) is 11.6 Å². The number of nitrogens with one attached hydrogen (secondary N) is 1. The SMILES string of the molecule is Clc1ccccc1CNc1ccccc1-n1cccn1. The zero-order valence-electron chi connectivity index (χ0n) is 10.8. The van der Waals surface area contributed by atoms with Crippen molar-refractivity contribution in [1.29, 1.82) is 0 Å². The summed E-state index contributed by atoms with van der Waals surface area (Å²) in [6, 6.07) is 17.8. The third kappa shape index (κ3) is 2.68. The number of rotatable bonds is 4. The van der Waals surface area contributed by atoms with Crippen molar-refractivity contribution in [3.05, 3.63) is 77.6 Å². The molecule has 3 rings (SSSR count). The van der Waals surface area contributed by atoms with Crippen LogP contribution in [0.4, 0.5) is 5.69 Å². The molecule has 20 heavy (non-hydrogen) atoms. The van der Waals surface area contributed by atoms with Crippen LogP contribution in [0.25, 0.3) is 5.69 Å². The number of hydrogen-bond donors (Lipinski definition) is 1. The lowest BCUT2D eigenvalue weighted by atomic mass is 10.2. The highest BCUT2D eigenvalue weighted by Gasteiger charge is 2.05. The van der Waals surface area contributed by atoms with Gasteiger partial charge in [0.1, 0.15) is 0 Å². The Hall–Kier alpha value is -2.26. The third-order valence-electron chi connectivity index (χ3n) is 3.08. The molecule has 0 aliphatic heterocycles. The second kappa shape index (κ2) is 5.80. The van der Waals surface area contributed by atoms with E-state index in [-0.39, 0.29) is 0 Å². The Balaban J connectivity index is 1.84. The Morgan fingerprint density at radius 2 is 1.80 bits per heavy atom. The minimum absolute atomic E-state index is 0.679. The Morgan fingerprint density at radius 1 is 1.00 bits per heavy atom. The van der Waals surface area contributed by atoms with Gasteiger partial charge in [0.15, 0.2) is 0 Å². The quantitative estimate of drug-likeness (QED) is 0.780.